The highest BCUT2D eigenvalue weighted by molar-refractivity contribution is 5.45. The second-order valence-corrected chi connectivity index (χ2v) is 3.51. The van der Waals surface area contributed by atoms with Crippen LogP contribution in [0.1, 0.15) is 31.4 Å². The molecule has 0 spiro atoms. The SMILES string of the molecule is CCCC(N)c1ccc2c(c1)OCO2. The molecule has 0 bridgehead atoms. The van der Waals surface area contributed by atoms with E-state index in [2.05, 4.69) is 6.92 Å². The Bertz CT molecular complexity index is 325. The van der Waals surface area contributed by atoms with E-state index in [9.17, 15) is 0 Å². The number of rotatable bonds is 3. The largest absolute Gasteiger partial charge is 0.454 e. The van der Waals surface area contributed by atoms with Crippen molar-refractivity contribution in [2.75, 3.05) is 6.79 Å². The van der Waals surface area contributed by atoms with Gasteiger partial charge in [0, 0.05) is 6.04 Å². The Hall–Kier alpha value is -1.22. The summed E-state index contributed by atoms with van der Waals surface area (Å²) in [6, 6.07) is 6.01. The van der Waals surface area contributed by atoms with Gasteiger partial charge in [-0.1, -0.05) is 19.4 Å². The van der Waals surface area contributed by atoms with Crippen molar-refractivity contribution in [1.82, 2.24) is 0 Å². The monoisotopic (exact) mass is 193 g/mol. The second-order valence-electron chi connectivity index (χ2n) is 3.51. The molecular weight excluding hydrogens is 178 g/mol. The molecule has 2 N–H and O–H groups in total. The van der Waals surface area contributed by atoms with Crippen LogP contribution in [0.4, 0.5) is 0 Å². The smallest absolute Gasteiger partial charge is 0.231 e. The highest BCUT2D eigenvalue weighted by Gasteiger charge is 2.15. The standard InChI is InChI=1S/C11H15NO2/c1-2-3-9(12)8-4-5-10-11(6-8)14-7-13-10/h4-6,9H,2-3,7,12H2,1H3. The third-order valence-electron chi connectivity index (χ3n) is 2.42. The zero-order valence-corrected chi connectivity index (χ0v) is 8.32. The lowest BCUT2D eigenvalue weighted by Crippen LogP contribution is -2.09. The average Bonchev–Trinajstić information content (AvgIpc) is 2.64. The Labute approximate surface area is 83.8 Å². The first-order valence-electron chi connectivity index (χ1n) is 4.96. The van der Waals surface area contributed by atoms with E-state index in [1.54, 1.807) is 0 Å². The summed E-state index contributed by atoms with van der Waals surface area (Å²) in [7, 11) is 0. The van der Waals surface area contributed by atoms with Gasteiger partial charge in [-0.3, -0.25) is 0 Å². The van der Waals surface area contributed by atoms with Crippen molar-refractivity contribution in [2.24, 2.45) is 5.73 Å². The van der Waals surface area contributed by atoms with Crippen molar-refractivity contribution < 1.29 is 9.47 Å². The molecular formula is C11H15NO2. The van der Waals surface area contributed by atoms with Gasteiger partial charge >= 0.3 is 0 Å². The van der Waals surface area contributed by atoms with E-state index in [1.165, 1.54) is 0 Å². The minimum absolute atomic E-state index is 0.106. The van der Waals surface area contributed by atoms with Crippen LogP contribution in [0.3, 0.4) is 0 Å². The molecule has 1 aliphatic heterocycles. The van der Waals surface area contributed by atoms with Gasteiger partial charge < -0.3 is 15.2 Å². The van der Waals surface area contributed by atoms with Gasteiger partial charge in [0.05, 0.1) is 0 Å². The minimum Gasteiger partial charge on any atom is -0.454 e. The summed E-state index contributed by atoms with van der Waals surface area (Å²) in [5.41, 5.74) is 7.12. The molecule has 1 atom stereocenters. The first-order chi connectivity index (χ1) is 6.81. The highest BCUT2D eigenvalue weighted by Crippen LogP contribution is 2.34. The lowest BCUT2D eigenvalue weighted by molar-refractivity contribution is 0.174. The summed E-state index contributed by atoms with van der Waals surface area (Å²) >= 11 is 0. The molecule has 0 saturated heterocycles. The van der Waals surface area contributed by atoms with Crippen LogP contribution in [0, 0.1) is 0 Å². The maximum absolute atomic E-state index is 6.00. The summed E-state index contributed by atoms with van der Waals surface area (Å²) in [4.78, 5) is 0. The van der Waals surface area contributed by atoms with Gasteiger partial charge in [-0.2, -0.15) is 0 Å². The summed E-state index contributed by atoms with van der Waals surface area (Å²) < 4.78 is 10.5. The van der Waals surface area contributed by atoms with Crippen molar-refractivity contribution in [3.05, 3.63) is 23.8 Å². The Balaban J connectivity index is 2.19. The van der Waals surface area contributed by atoms with E-state index in [1.807, 2.05) is 18.2 Å². The normalized spacial score (nSPS) is 15.6. The van der Waals surface area contributed by atoms with Crippen LogP contribution < -0.4 is 15.2 Å². The molecule has 0 aromatic heterocycles. The number of hydrogen-bond acceptors (Lipinski definition) is 3. The van der Waals surface area contributed by atoms with Crippen LogP contribution in [-0.2, 0) is 0 Å². The Morgan fingerprint density at radius 1 is 1.36 bits per heavy atom. The molecule has 1 heterocycles. The van der Waals surface area contributed by atoms with Gasteiger partial charge in [0.2, 0.25) is 6.79 Å². The molecule has 3 heteroatoms. The molecule has 0 aliphatic carbocycles. The fraction of sp³-hybridized carbons (Fsp3) is 0.455. The van der Waals surface area contributed by atoms with E-state index >= 15 is 0 Å². The number of fused-ring (bicyclic) bond motifs is 1. The van der Waals surface area contributed by atoms with Crippen LogP contribution >= 0.6 is 0 Å². The van der Waals surface area contributed by atoms with Crippen molar-refractivity contribution in [3.63, 3.8) is 0 Å². The quantitative estimate of drug-likeness (QED) is 0.800. The zero-order chi connectivity index (χ0) is 9.97. The van der Waals surface area contributed by atoms with E-state index in [0.717, 1.165) is 29.9 Å². The van der Waals surface area contributed by atoms with E-state index in [0.29, 0.717) is 6.79 Å². The minimum atomic E-state index is 0.106. The third-order valence-corrected chi connectivity index (χ3v) is 2.42. The van der Waals surface area contributed by atoms with Crippen molar-refractivity contribution >= 4 is 0 Å². The van der Waals surface area contributed by atoms with Crippen LogP contribution in [0.25, 0.3) is 0 Å². The van der Waals surface area contributed by atoms with Crippen molar-refractivity contribution in [2.45, 2.75) is 25.8 Å². The Morgan fingerprint density at radius 2 is 2.14 bits per heavy atom. The van der Waals surface area contributed by atoms with E-state index < -0.39 is 0 Å². The van der Waals surface area contributed by atoms with E-state index in [-0.39, 0.29) is 6.04 Å². The number of benzene rings is 1. The maximum atomic E-state index is 6.00. The number of hydrogen-bond donors (Lipinski definition) is 1. The zero-order valence-electron chi connectivity index (χ0n) is 8.32. The fourth-order valence-corrected chi connectivity index (χ4v) is 1.62. The third kappa shape index (κ3) is 1.68. The molecule has 1 aliphatic rings. The molecule has 0 saturated carbocycles. The average molecular weight is 193 g/mol. The molecule has 1 aromatic carbocycles. The summed E-state index contributed by atoms with van der Waals surface area (Å²) in [5.74, 6) is 1.63. The fourth-order valence-electron chi connectivity index (χ4n) is 1.62. The Kier molecular flexibility index (Phi) is 2.59. The first kappa shape index (κ1) is 9.34. The lowest BCUT2D eigenvalue weighted by Gasteiger charge is -2.10. The molecule has 0 radical (unpaired) electrons. The van der Waals surface area contributed by atoms with Gasteiger partial charge in [0.25, 0.3) is 0 Å². The summed E-state index contributed by atoms with van der Waals surface area (Å²) in [5, 5.41) is 0. The topological polar surface area (TPSA) is 44.5 Å². The van der Waals surface area contributed by atoms with Crippen molar-refractivity contribution in [3.8, 4) is 11.5 Å². The summed E-state index contributed by atoms with van der Waals surface area (Å²) in [6.07, 6.45) is 2.09. The van der Waals surface area contributed by atoms with Gasteiger partial charge in [-0.25, -0.2) is 0 Å². The second kappa shape index (κ2) is 3.88. The molecule has 3 nitrogen and oxygen atoms in total. The summed E-state index contributed by atoms with van der Waals surface area (Å²) in [6.45, 7) is 2.45. The molecule has 14 heavy (non-hydrogen) atoms. The van der Waals surface area contributed by atoms with Gasteiger partial charge in [0.15, 0.2) is 11.5 Å². The van der Waals surface area contributed by atoms with E-state index in [4.69, 9.17) is 15.2 Å². The molecule has 0 fully saturated rings. The van der Waals surface area contributed by atoms with Crippen LogP contribution in [0.15, 0.2) is 18.2 Å². The molecule has 76 valence electrons. The molecule has 0 amide bonds. The lowest BCUT2D eigenvalue weighted by atomic mass is 10.0. The van der Waals surface area contributed by atoms with Gasteiger partial charge in [-0.05, 0) is 24.1 Å². The highest BCUT2D eigenvalue weighted by atomic mass is 16.7. The maximum Gasteiger partial charge on any atom is 0.231 e. The number of ether oxygens (including phenoxy) is 2. The van der Waals surface area contributed by atoms with Gasteiger partial charge in [0.1, 0.15) is 0 Å². The van der Waals surface area contributed by atoms with Crippen LogP contribution in [-0.4, -0.2) is 6.79 Å². The molecule has 1 aromatic rings. The first-order valence-corrected chi connectivity index (χ1v) is 4.96. The van der Waals surface area contributed by atoms with Crippen molar-refractivity contribution in [1.29, 1.82) is 0 Å². The predicted molar refractivity (Wildman–Crippen MR) is 54.4 cm³/mol. The van der Waals surface area contributed by atoms with Crippen LogP contribution in [0.2, 0.25) is 0 Å². The number of nitrogens with two attached hydrogens (primary N) is 1. The Morgan fingerprint density at radius 3 is 2.93 bits per heavy atom. The predicted octanol–water partition coefficient (Wildman–Crippen LogP) is 2.22. The molecule has 2 rings (SSSR count). The van der Waals surface area contributed by atoms with Gasteiger partial charge in [-0.15, -0.1) is 0 Å². The van der Waals surface area contributed by atoms with Crippen LogP contribution in [0.5, 0.6) is 11.5 Å². The molecule has 1 unspecified atom stereocenters.